The molecule has 0 radical (unpaired) electrons. The van der Waals surface area contributed by atoms with Gasteiger partial charge in [0.05, 0.1) is 11.9 Å². The highest BCUT2D eigenvalue weighted by Gasteiger charge is 2.31. The third-order valence-electron chi connectivity index (χ3n) is 6.21. The Balaban J connectivity index is 1.87. The predicted molar refractivity (Wildman–Crippen MR) is 130 cm³/mol. The Morgan fingerprint density at radius 1 is 1.03 bits per heavy atom. The number of benzene rings is 2. The maximum absolute atomic E-state index is 14.4. The van der Waals surface area contributed by atoms with E-state index in [-0.39, 0.29) is 29.7 Å². The molecule has 1 N–H and O–H groups in total. The maximum atomic E-state index is 14.4. The quantitative estimate of drug-likeness (QED) is 0.562. The molecule has 1 fully saturated rings. The summed E-state index contributed by atoms with van der Waals surface area (Å²) in [6, 6.07) is 9.63. The zero-order chi connectivity index (χ0) is 25.6. The molecule has 0 aromatic heterocycles. The van der Waals surface area contributed by atoms with E-state index in [1.165, 1.54) is 35.2 Å². The van der Waals surface area contributed by atoms with Crippen molar-refractivity contribution in [3.05, 3.63) is 65.7 Å². The third kappa shape index (κ3) is 7.24. The molecular weight excluding hydrogens is 476 g/mol. The molecule has 7 nitrogen and oxygen atoms in total. The largest absolute Gasteiger partial charge is 0.352 e. The van der Waals surface area contributed by atoms with Gasteiger partial charge in [0.2, 0.25) is 21.8 Å². The maximum Gasteiger partial charge on any atom is 0.244 e. The lowest BCUT2D eigenvalue weighted by Gasteiger charge is -2.33. The van der Waals surface area contributed by atoms with Crippen LogP contribution in [0.15, 0.2) is 48.5 Å². The Kier molecular flexibility index (Phi) is 8.82. The molecule has 3 rings (SSSR count). The van der Waals surface area contributed by atoms with Crippen LogP contribution in [0.3, 0.4) is 0 Å². The van der Waals surface area contributed by atoms with Crippen molar-refractivity contribution in [2.24, 2.45) is 0 Å². The topological polar surface area (TPSA) is 86.8 Å². The summed E-state index contributed by atoms with van der Waals surface area (Å²) in [6.07, 6.45) is 5.78. The molecule has 2 aromatic carbocycles. The van der Waals surface area contributed by atoms with Crippen molar-refractivity contribution < 1.29 is 26.8 Å². The van der Waals surface area contributed by atoms with E-state index in [2.05, 4.69) is 5.32 Å². The molecule has 2 aromatic rings. The molecule has 1 atom stereocenters. The molecule has 1 aliphatic rings. The second-order valence-corrected chi connectivity index (χ2v) is 10.8. The van der Waals surface area contributed by atoms with E-state index >= 15 is 0 Å². The summed E-state index contributed by atoms with van der Waals surface area (Å²) in [4.78, 5) is 27.7. The lowest BCUT2D eigenvalue weighted by atomic mass is 9.95. The van der Waals surface area contributed by atoms with Gasteiger partial charge >= 0.3 is 0 Å². The van der Waals surface area contributed by atoms with Gasteiger partial charge < -0.3 is 10.2 Å². The summed E-state index contributed by atoms with van der Waals surface area (Å²) in [5.41, 5.74) is 0.304. The zero-order valence-electron chi connectivity index (χ0n) is 19.9. The molecule has 0 heterocycles. The summed E-state index contributed by atoms with van der Waals surface area (Å²) < 4.78 is 53.6. The standard InChI is InChI=1S/C25H31F2N3O4S/c1-18(25(32)28-21-9-4-3-5-10-21)29(16-19-8-6-7-11-23(19)27)24(31)17-30(35(2,33)34)22-14-12-20(26)13-15-22/h6-8,11-15,18,21H,3-5,9-10,16-17H2,1-2H3,(H,28,32)/t18-/m0/s1. The Labute approximate surface area is 205 Å². The molecule has 1 aliphatic carbocycles. The number of rotatable bonds is 9. The fraction of sp³-hybridized carbons (Fsp3) is 0.440. The molecule has 1 saturated carbocycles. The Hall–Kier alpha value is -3.01. The van der Waals surface area contributed by atoms with Gasteiger partial charge in [0.25, 0.3) is 0 Å². The molecule has 0 saturated heterocycles. The lowest BCUT2D eigenvalue weighted by molar-refractivity contribution is -0.139. The number of nitrogens with zero attached hydrogens (tertiary/aromatic N) is 2. The summed E-state index contributed by atoms with van der Waals surface area (Å²) in [6.45, 7) is 0.700. The minimum atomic E-state index is -3.92. The summed E-state index contributed by atoms with van der Waals surface area (Å²) in [5, 5.41) is 2.98. The minimum Gasteiger partial charge on any atom is -0.352 e. The number of anilines is 1. The van der Waals surface area contributed by atoms with Crippen molar-refractivity contribution in [3.63, 3.8) is 0 Å². The minimum absolute atomic E-state index is 0.0100. The number of sulfonamides is 1. The van der Waals surface area contributed by atoms with E-state index in [1.54, 1.807) is 13.0 Å². The molecule has 0 spiro atoms. The number of carbonyl (C=O) groups excluding carboxylic acids is 2. The van der Waals surface area contributed by atoms with Crippen molar-refractivity contribution in [1.29, 1.82) is 0 Å². The van der Waals surface area contributed by atoms with Crippen molar-refractivity contribution in [2.45, 2.75) is 57.7 Å². The van der Waals surface area contributed by atoms with Crippen LogP contribution in [-0.2, 0) is 26.2 Å². The van der Waals surface area contributed by atoms with Crippen molar-refractivity contribution in [2.75, 3.05) is 17.1 Å². The van der Waals surface area contributed by atoms with Crippen LogP contribution in [0.2, 0.25) is 0 Å². The van der Waals surface area contributed by atoms with Crippen LogP contribution in [0.1, 0.15) is 44.6 Å². The van der Waals surface area contributed by atoms with Crippen LogP contribution < -0.4 is 9.62 Å². The van der Waals surface area contributed by atoms with Gasteiger partial charge in [0, 0.05) is 18.2 Å². The first-order valence-electron chi connectivity index (χ1n) is 11.6. The van der Waals surface area contributed by atoms with E-state index in [0.717, 1.165) is 54.8 Å². The van der Waals surface area contributed by atoms with Crippen molar-refractivity contribution in [3.8, 4) is 0 Å². The number of hydrogen-bond donors (Lipinski definition) is 1. The fourth-order valence-corrected chi connectivity index (χ4v) is 5.03. The van der Waals surface area contributed by atoms with Gasteiger partial charge in [-0.3, -0.25) is 13.9 Å². The first kappa shape index (κ1) is 26.6. The molecule has 35 heavy (non-hydrogen) atoms. The number of nitrogens with one attached hydrogen (secondary N) is 1. The van der Waals surface area contributed by atoms with Gasteiger partial charge in [-0.1, -0.05) is 37.5 Å². The third-order valence-corrected chi connectivity index (χ3v) is 7.35. The molecular formula is C25H31F2N3O4S. The summed E-state index contributed by atoms with van der Waals surface area (Å²) in [7, 11) is -3.92. The van der Waals surface area contributed by atoms with Crippen molar-refractivity contribution >= 4 is 27.5 Å². The zero-order valence-corrected chi connectivity index (χ0v) is 20.7. The predicted octanol–water partition coefficient (Wildman–Crippen LogP) is 3.60. The molecule has 2 amide bonds. The Bertz CT molecular complexity index is 1140. The van der Waals surface area contributed by atoms with Gasteiger partial charge in [-0.2, -0.15) is 0 Å². The van der Waals surface area contributed by atoms with E-state index in [0.29, 0.717) is 0 Å². The molecule has 0 aliphatic heterocycles. The smallest absolute Gasteiger partial charge is 0.244 e. The number of hydrogen-bond acceptors (Lipinski definition) is 4. The fourth-order valence-electron chi connectivity index (χ4n) is 4.18. The first-order valence-corrected chi connectivity index (χ1v) is 13.5. The number of amides is 2. The molecule has 190 valence electrons. The second kappa shape index (κ2) is 11.6. The van der Waals surface area contributed by atoms with Gasteiger partial charge in [0.1, 0.15) is 24.2 Å². The van der Waals surface area contributed by atoms with Gasteiger partial charge in [0.15, 0.2) is 0 Å². The monoisotopic (exact) mass is 507 g/mol. The van der Waals surface area contributed by atoms with Crippen molar-refractivity contribution in [1.82, 2.24) is 10.2 Å². The normalized spacial score (nSPS) is 15.3. The molecule has 0 unspecified atom stereocenters. The van der Waals surface area contributed by atoms with E-state index < -0.39 is 40.2 Å². The number of halogens is 2. The van der Waals surface area contributed by atoms with Gasteiger partial charge in [-0.05, 0) is 50.1 Å². The second-order valence-electron chi connectivity index (χ2n) is 8.88. The highest BCUT2D eigenvalue weighted by Crippen LogP contribution is 2.21. The van der Waals surface area contributed by atoms with Crippen LogP contribution in [0.4, 0.5) is 14.5 Å². The van der Waals surface area contributed by atoms with Crippen LogP contribution in [0.5, 0.6) is 0 Å². The highest BCUT2D eigenvalue weighted by atomic mass is 32.2. The average molecular weight is 508 g/mol. The molecule has 10 heteroatoms. The summed E-state index contributed by atoms with van der Waals surface area (Å²) in [5.74, 6) is -2.16. The van der Waals surface area contributed by atoms with Crippen LogP contribution in [-0.4, -0.2) is 50.0 Å². The average Bonchev–Trinajstić information content (AvgIpc) is 2.82. The van der Waals surface area contributed by atoms with Crippen LogP contribution in [0, 0.1) is 11.6 Å². The van der Waals surface area contributed by atoms with Crippen LogP contribution in [0.25, 0.3) is 0 Å². The Morgan fingerprint density at radius 3 is 2.26 bits per heavy atom. The van der Waals surface area contributed by atoms with Gasteiger partial charge in [-0.15, -0.1) is 0 Å². The Morgan fingerprint density at radius 2 is 1.66 bits per heavy atom. The van der Waals surface area contributed by atoms with Gasteiger partial charge in [-0.25, -0.2) is 17.2 Å². The van der Waals surface area contributed by atoms with Crippen LogP contribution >= 0.6 is 0 Å². The SMILES string of the molecule is C[C@@H](C(=O)NC1CCCCC1)N(Cc1ccccc1F)C(=O)CN(c1ccc(F)cc1)S(C)(=O)=O. The molecule has 0 bridgehead atoms. The number of carbonyl (C=O) groups is 2. The lowest BCUT2D eigenvalue weighted by Crippen LogP contribution is -2.53. The van der Waals surface area contributed by atoms with E-state index in [1.807, 2.05) is 0 Å². The highest BCUT2D eigenvalue weighted by molar-refractivity contribution is 7.92. The van der Waals surface area contributed by atoms with E-state index in [9.17, 15) is 26.8 Å². The van der Waals surface area contributed by atoms with E-state index in [4.69, 9.17) is 0 Å². The first-order chi connectivity index (χ1) is 16.6. The summed E-state index contributed by atoms with van der Waals surface area (Å²) >= 11 is 0.